The number of carbonyl (C=O) groups is 5. The van der Waals surface area contributed by atoms with E-state index in [1.54, 1.807) is 19.1 Å². The molecular formula is C37H29NO9. The lowest BCUT2D eigenvalue weighted by Gasteiger charge is -2.42. The van der Waals surface area contributed by atoms with Gasteiger partial charge in [-0.1, -0.05) is 48.0 Å². The summed E-state index contributed by atoms with van der Waals surface area (Å²) in [5.74, 6) is -6.54. The number of hydrogen-bond acceptors (Lipinski definition) is 8. The number of fused-ring (bicyclic) bond motifs is 3. The first kappa shape index (κ1) is 29.9. The van der Waals surface area contributed by atoms with Crippen molar-refractivity contribution in [2.24, 2.45) is 17.8 Å². The first-order valence-electron chi connectivity index (χ1n) is 15.2. The molecule has 47 heavy (non-hydrogen) atoms. The number of allylic oxidation sites excluding steroid dienone is 6. The predicted octanol–water partition coefficient (Wildman–Crippen LogP) is 5.01. The van der Waals surface area contributed by atoms with Gasteiger partial charge in [-0.15, -0.1) is 0 Å². The van der Waals surface area contributed by atoms with Crippen molar-refractivity contribution >= 4 is 35.0 Å². The Kier molecular flexibility index (Phi) is 7.15. The number of aromatic carboxylic acids is 1. The van der Waals surface area contributed by atoms with Crippen molar-refractivity contribution in [3.63, 3.8) is 0 Å². The molecule has 0 spiro atoms. The van der Waals surface area contributed by atoms with E-state index < -0.39 is 47.2 Å². The molecule has 3 aromatic rings. The van der Waals surface area contributed by atoms with Gasteiger partial charge in [0.05, 0.1) is 17.5 Å². The highest BCUT2D eigenvalue weighted by molar-refractivity contribution is 6.25. The van der Waals surface area contributed by atoms with E-state index in [0.717, 1.165) is 22.6 Å². The fourth-order valence-electron chi connectivity index (χ4n) is 7.43. The number of carboxylic acids is 1. The number of carboxylic acid groups (broad SMARTS) is 1. The van der Waals surface area contributed by atoms with Gasteiger partial charge in [-0.25, -0.2) is 9.69 Å². The number of ether oxygens (including phenoxy) is 1. The number of rotatable bonds is 6. The average molecular weight is 632 g/mol. The van der Waals surface area contributed by atoms with Gasteiger partial charge in [-0.05, 0) is 55.5 Å². The summed E-state index contributed by atoms with van der Waals surface area (Å²) in [5.41, 5.74) is 2.42. The summed E-state index contributed by atoms with van der Waals surface area (Å²) in [7, 11) is 0. The minimum Gasteiger partial charge on any atom is -0.507 e. The Bertz CT molecular complexity index is 2000. The summed E-state index contributed by atoms with van der Waals surface area (Å²) in [6.07, 6.45) is 3.37. The van der Waals surface area contributed by atoms with E-state index in [1.807, 2.05) is 36.4 Å². The molecule has 4 atom stereocenters. The van der Waals surface area contributed by atoms with Crippen molar-refractivity contribution in [3.05, 3.63) is 118 Å². The van der Waals surface area contributed by atoms with Crippen LogP contribution in [-0.2, 0) is 25.8 Å². The maximum Gasteiger partial charge on any atom is 0.339 e. The molecule has 3 aliphatic carbocycles. The molecule has 10 heteroatoms. The zero-order valence-corrected chi connectivity index (χ0v) is 25.2. The van der Waals surface area contributed by atoms with E-state index in [9.17, 15) is 39.3 Å². The molecule has 0 radical (unpaired) electrons. The SMILES string of the molecule is CC1=CC(=O)C2=C(CC3C(=CCC4C(=O)N(c5ccc(C(=O)O)c(O)c5)C(=O)C43)C2c2ccc(OCc3ccccc3)cc2O)C1=O. The highest BCUT2D eigenvalue weighted by Gasteiger charge is 2.57. The molecule has 4 aliphatic rings. The maximum absolute atomic E-state index is 14.1. The number of nitrogens with zero attached hydrogens (tertiary/aromatic N) is 1. The number of phenolic OH excluding ortho intramolecular Hbond substituents is 1. The zero-order chi connectivity index (χ0) is 33.1. The number of amides is 2. The molecular weight excluding hydrogens is 602 g/mol. The van der Waals surface area contributed by atoms with Gasteiger partial charge in [-0.3, -0.25) is 19.2 Å². The van der Waals surface area contributed by atoms with Crippen molar-refractivity contribution in [3.8, 4) is 17.2 Å². The minimum absolute atomic E-state index is 0.0390. The fourth-order valence-corrected chi connectivity index (χ4v) is 7.43. The van der Waals surface area contributed by atoms with E-state index in [4.69, 9.17) is 4.74 Å². The molecule has 236 valence electrons. The van der Waals surface area contributed by atoms with Gasteiger partial charge in [0.1, 0.15) is 29.4 Å². The quantitative estimate of drug-likeness (QED) is 0.193. The Labute approximate surface area is 268 Å². The fraction of sp³-hybridized carbons (Fsp3) is 0.216. The molecule has 3 N–H and O–H groups in total. The second kappa shape index (κ2) is 11.2. The monoisotopic (exact) mass is 631 g/mol. The van der Waals surface area contributed by atoms with Gasteiger partial charge in [0, 0.05) is 40.3 Å². The lowest BCUT2D eigenvalue weighted by molar-refractivity contribution is -0.123. The number of anilines is 1. The van der Waals surface area contributed by atoms with Crippen LogP contribution in [0.1, 0.15) is 47.2 Å². The Morgan fingerprint density at radius 2 is 1.68 bits per heavy atom. The van der Waals surface area contributed by atoms with Crippen LogP contribution in [0.15, 0.2) is 101 Å². The summed E-state index contributed by atoms with van der Waals surface area (Å²) in [5, 5.41) is 30.9. The largest absolute Gasteiger partial charge is 0.507 e. The van der Waals surface area contributed by atoms with E-state index in [0.29, 0.717) is 16.9 Å². The summed E-state index contributed by atoms with van der Waals surface area (Å²) >= 11 is 0. The van der Waals surface area contributed by atoms with Gasteiger partial charge in [0.2, 0.25) is 11.8 Å². The van der Waals surface area contributed by atoms with Crippen LogP contribution in [0.3, 0.4) is 0 Å². The third kappa shape index (κ3) is 4.84. The van der Waals surface area contributed by atoms with Gasteiger partial charge in [0.25, 0.3) is 0 Å². The summed E-state index contributed by atoms with van der Waals surface area (Å²) in [4.78, 5) is 67.3. The number of hydrogen-bond donors (Lipinski definition) is 3. The standard InChI is InChI=1S/C37H29NO9/c1-18-13-30(41)33-27(34(18)42)16-26-22(31(33)23-10-8-21(15-29(23)40)47-17-19-5-3-2-4-6-19)11-12-25-32(26)36(44)38(35(25)43)20-7-9-24(37(45)46)28(39)14-20/h2-11,13-15,25-26,31-32,39-40H,12,16-17H2,1H3,(H,45,46). The molecule has 3 aromatic carbocycles. The van der Waals surface area contributed by atoms with Crippen molar-refractivity contribution in [1.82, 2.24) is 0 Å². The number of imide groups is 1. The lowest BCUT2D eigenvalue weighted by atomic mass is 9.59. The molecule has 4 unspecified atom stereocenters. The first-order valence-corrected chi connectivity index (χ1v) is 15.2. The van der Waals surface area contributed by atoms with Crippen LogP contribution < -0.4 is 9.64 Å². The highest BCUT2D eigenvalue weighted by Crippen LogP contribution is 2.56. The van der Waals surface area contributed by atoms with Crippen molar-refractivity contribution in [1.29, 1.82) is 0 Å². The van der Waals surface area contributed by atoms with Crippen LogP contribution in [0, 0.1) is 17.8 Å². The Hall–Kier alpha value is -5.77. The second-order valence-corrected chi connectivity index (χ2v) is 12.2. The third-order valence-electron chi connectivity index (χ3n) is 9.59. The van der Waals surface area contributed by atoms with Crippen LogP contribution in [0.4, 0.5) is 5.69 Å². The number of Topliss-reactive ketones (excluding diaryl/α,β-unsaturated/α-hetero) is 1. The second-order valence-electron chi connectivity index (χ2n) is 12.2. The van der Waals surface area contributed by atoms with E-state index >= 15 is 0 Å². The van der Waals surface area contributed by atoms with Crippen molar-refractivity contribution in [2.75, 3.05) is 4.90 Å². The van der Waals surface area contributed by atoms with Crippen LogP contribution in [0.5, 0.6) is 17.2 Å². The van der Waals surface area contributed by atoms with Gasteiger partial charge < -0.3 is 20.1 Å². The number of ketones is 2. The van der Waals surface area contributed by atoms with Crippen LogP contribution in [0.2, 0.25) is 0 Å². The molecule has 0 bridgehead atoms. The molecule has 1 aliphatic heterocycles. The first-order chi connectivity index (χ1) is 22.5. The van der Waals surface area contributed by atoms with E-state index in [1.165, 1.54) is 18.2 Å². The Balaban J connectivity index is 1.27. The number of carbonyl (C=O) groups excluding carboxylic acids is 4. The number of aromatic hydroxyl groups is 2. The molecule has 0 aromatic heterocycles. The average Bonchev–Trinajstić information content (AvgIpc) is 3.31. The summed E-state index contributed by atoms with van der Waals surface area (Å²) in [6, 6.07) is 17.8. The molecule has 1 saturated heterocycles. The van der Waals surface area contributed by atoms with Crippen molar-refractivity contribution < 1.29 is 44.0 Å². The molecule has 10 nitrogen and oxygen atoms in total. The lowest BCUT2D eigenvalue weighted by Crippen LogP contribution is -2.39. The topological polar surface area (TPSA) is 159 Å². The summed E-state index contributed by atoms with van der Waals surface area (Å²) in [6.45, 7) is 1.83. The predicted molar refractivity (Wildman–Crippen MR) is 168 cm³/mol. The molecule has 1 fully saturated rings. The third-order valence-corrected chi connectivity index (χ3v) is 9.59. The van der Waals surface area contributed by atoms with Crippen molar-refractivity contribution in [2.45, 2.75) is 32.3 Å². The highest BCUT2D eigenvalue weighted by atomic mass is 16.5. The number of phenols is 2. The van der Waals surface area contributed by atoms with E-state index in [2.05, 4.69) is 0 Å². The maximum atomic E-state index is 14.1. The summed E-state index contributed by atoms with van der Waals surface area (Å²) < 4.78 is 5.89. The van der Waals surface area contributed by atoms with Crippen LogP contribution in [-0.4, -0.2) is 44.7 Å². The molecule has 2 amide bonds. The van der Waals surface area contributed by atoms with E-state index in [-0.39, 0.29) is 64.7 Å². The van der Waals surface area contributed by atoms with Gasteiger partial charge in [0.15, 0.2) is 11.6 Å². The minimum atomic E-state index is -1.36. The molecule has 0 saturated carbocycles. The zero-order valence-electron chi connectivity index (χ0n) is 25.2. The molecule has 7 rings (SSSR count). The van der Waals surface area contributed by atoms with Gasteiger partial charge >= 0.3 is 5.97 Å². The van der Waals surface area contributed by atoms with Crippen LogP contribution in [0.25, 0.3) is 0 Å². The molecule has 1 heterocycles. The Morgan fingerprint density at radius 3 is 2.38 bits per heavy atom. The Morgan fingerprint density at radius 1 is 0.915 bits per heavy atom. The van der Waals surface area contributed by atoms with Gasteiger partial charge in [-0.2, -0.15) is 0 Å². The number of benzene rings is 3. The normalized spacial score (nSPS) is 23.6. The smallest absolute Gasteiger partial charge is 0.339 e. The van der Waals surface area contributed by atoms with Crippen LogP contribution >= 0.6 is 0 Å².